The van der Waals surface area contributed by atoms with Crippen LogP contribution in [0.25, 0.3) is 27.3 Å². The fourth-order valence-electron chi connectivity index (χ4n) is 3.56. The lowest BCUT2D eigenvalue weighted by Gasteiger charge is -2.17. The van der Waals surface area contributed by atoms with E-state index in [9.17, 15) is 4.79 Å². The van der Waals surface area contributed by atoms with Gasteiger partial charge < -0.3 is 9.47 Å². The number of ether oxygens (including phenoxy) is 2. The second-order valence-corrected chi connectivity index (χ2v) is 6.29. The molecule has 128 valence electrons. The number of aromatic nitrogens is 2. The molecule has 1 unspecified atom stereocenters. The van der Waals surface area contributed by atoms with E-state index in [2.05, 4.69) is 11.9 Å². The Labute approximate surface area is 145 Å². The van der Waals surface area contributed by atoms with Crippen molar-refractivity contribution in [3.8, 4) is 11.5 Å². The topological polar surface area (TPSA) is 52.8 Å². The number of rotatable bonds is 5. The summed E-state index contributed by atoms with van der Waals surface area (Å²) in [6.45, 7) is 4.06. The lowest BCUT2D eigenvalue weighted by Crippen LogP contribution is -2.22. The molecule has 3 aromatic heterocycles. The lowest BCUT2D eigenvalue weighted by molar-refractivity contribution is 0.198. The highest BCUT2D eigenvalue weighted by Crippen LogP contribution is 2.37. The number of benzene rings is 1. The molecule has 0 saturated heterocycles. The van der Waals surface area contributed by atoms with Crippen molar-refractivity contribution in [1.29, 1.82) is 0 Å². The normalized spacial score (nSPS) is 12.9. The fraction of sp³-hybridized carbons (Fsp3) is 0.300. The van der Waals surface area contributed by atoms with E-state index in [0.717, 1.165) is 34.6 Å². The van der Waals surface area contributed by atoms with Gasteiger partial charge in [-0.15, -0.1) is 0 Å². The zero-order chi connectivity index (χ0) is 17.6. The molecule has 0 saturated carbocycles. The number of hydrogen-bond acceptors (Lipinski definition) is 4. The van der Waals surface area contributed by atoms with Gasteiger partial charge in [-0.2, -0.15) is 0 Å². The predicted octanol–water partition coefficient (Wildman–Crippen LogP) is 4.01. The van der Waals surface area contributed by atoms with Crippen molar-refractivity contribution in [3.05, 3.63) is 46.9 Å². The van der Waals surface area contributed by atoms with E-state index in [0.29, 0.717) is 11.3 Å². The molecule has 0 amide bonds. The first-order chi connectivity index (χ1) is 12.2. The smallest absolute Gasteiger partial charge is 0.302 e. The first-order valence-corrected chi connectivity index (χ1v) is 8.55. The van der Waals surface area contributed by atoms with E-state index in [4.69, 9.17) is 9.47 Å². The summed E-state index contributed by atoms with van der Waals surface area (Å²) in [5.74, 6) is 0.645. The Hall–Kier alpha value is -2.82. The van der Waals surface area contributed by atoms with Crippen LogP contribution in [0.1, 0.15) is 26.7 Å². The Bertz CT molecular complexity index is 1120. The summed E-state index contributed by atoms with van der Waals surface area (Å²) in [4.78, 5) is 17.7. The molecule has 5 nitrogen and oxygen atoms in total. The molecule has 1 aromatic carbocycles. The molecule has 3 heterocycles. The molecule has 0 radical (unpaired) electrons. The molecule has 4 rings (SSSR count). The minimum Gasteiger partial charge on any atom is -0.491 e. The largest absolute Gasteiger partial charge is 0.491 e. The van der Waals surface area contributed by atoms with Crippen LogP contribution in [0.15, 0.2) is 41.3 Å². The van der Waals surface area contributed by atoms with Crippen LogP contribution in [0.5, 0.6) is 11.5 Å². The summed E-state index contributed by atoms with van der Waals surface area (Å²) in [5, 5.41) is 2.01. The minimum atomic E-state index is -0.202. The van der Waals surface area contributed by atoms with Crippen LogP contribution in [0.2, 0.25) is 0 Å². The maximum Gasteiger partial charge on any atom is 0.302 e. The van der Waals surface area contributed by atoms with E-state index < -0.39 is 0 Å². The number of methoxy groups -OCH3 is 1. The Morgan fingerprint density at radius 1 is 1.16 bits per heavy atom. The zero-order valence-electron chi connectivity index (χ0n) is 14.6. The Balaban J connectivity index is 2.15. The van der Waals surface area contributed by atoms with E-state index in [1.807, 2.05) is 37.3 Å². The quantitative estimate of drug-likeness (QED) is 0.552. The third kappa shape index (κ3) is 2.22. The average molecular weight is 336 g/mol. The monoisotopic (exact) mass is 336 g/mol. The summed E-state index contributed by atoms with van der Waals surface area (Å²) in [6.07, 6.45) is 3.52. The minimum absolute atomic E-state index is 0.0725. The van der Waals surface area contributed by atoms with E-state index >= 15 is 0 Å². The van der Waals surface area contributed by atoms with Gasteiger partial charge in [0.1, 0.15) is 5.52 Å². The van der Waals surface area contributed by atoms with Crippen LogP contribution in [0.4, 0.5) is 0 Å². The highest BCUT2D eigenvalue weighted by molar-refractivity contribution is 6.14. The lowest BCUT2D eigenvalue weighted by atomic mass is 10.1. The first-order valence-electron chi connectivity index (χ1n) is 8.55. The van der Waals surface area contributed by atoms with Crippen molar-refractivity contribution in [1.82, 2.24) is 9.38 Å². The maximum absolute atomic E-state index is 13.3. The molecular formula is C20H20N2O3. The first kappa shape index (κ1) is 15.7. The van der Waals surface area contributed by atoms with Crippen molar-refractivity contribution < 1.29 is 9.47 Å². The Morgan fingerprint density at radius 2 is 1.96 bits per heavy atom. The van der Waals surface area contributed by atoms with Gasteiger partial charge in [0.05, 0.1) is 24.2 Å². The summed E-state index contributed by atoms with van der Waals surface area (Å²) in [7, 11) is 1.55. The molecule has 25 heavy (non-hydrogen) atoms. The summed E-state index contributed by atoms with van der Waals surface area (Å²) < 4.78 is 13.3. The predicted molar refractivity (Wildman–Crippen MR) is 99.2 cm³/mol. The van der Waals surface area contributed by atoms with Crippen molar-refractivity contribution in [2.24, 2.45) is 0 Å². The number of nitrogens with zero attached hydrogens (tertiary/aromatic N) is 2. The van der Waals surface area contributed by atoms with Crippen molar-refractivity contribution in [2.75, 3.05) is 7.11 Å². The SMILES string of the molecule is CCCC(C)Oc1c(OC)c2nccc3c4ccccc4n(c1=O)c23. The molecule has 0 aliphatic carbocycles. The van der Waals surface area contributed by atoms with Gasteiger partial charge in [-0.3, -0.25) is 14.2 Å². The molecule has 1 atom stereocenters. The fourth-order valence-corrected chi connectivity index (χ4v) is 3.56. The maximum atomic E-state index is 13.3. The van der Waals surface area contributed by atoms with Gasteiger partial charge in [-0.05, 0) is 25.5 Å². The number of fused-ring (bicyclic) bond motifs is 3. The third-order valence-corrected chi connectivity index (χ3v) is 4.62. The van der Waals surface area contributed by atoms with Crippen molar-refractivity contribution in [3.63, 3.8) is 0 Å². The summed E-state index contributed by atoms with van der Waals surface area (Å²) in [5.41, 5.74) is 2.08. The zero-order valence-corrected chi connectivity index (χ0v) is 14.6. The number of para-hydroxylation sites is 1. The van der Waals surface area contributed by atoms with Crippen LogP contribution in [-0.2, 0) is 0 Å². The van der Waals surface area contributed by atoms with Gasteiger partial charge in [0.15, 0.2) is 5.75 Å². The van der Waals surface area contributed by atoms with E-state index in [1.165, 1.54) is 0 Å². The molecule has 0 aliphatic rings. The summed E-state index contributed by atoms with van der Waals surface area (Å²) >= 11 is 0. The van der Waals surface area contributed by atoms with Gasteiger partial charge >= 0.3 is 5.56 Å². The highest BCUT2D eigenvalue weighted by atomic mass is 16.5. The van der Waals surface area contributed by atoms with Crippen molar-refractivity contribution in [2.45, 2.75) is 32.8 Å². The van der Waals surface area contributed by atoms with E-state index in [-0.39, 0.29) is 17.4 Å². The van der Waals surface area contributed by atoms with Gasteiger partial charge in [-0.1, -0.05) is 31.5 Å². The second-order valence-electron chi connectivity index (χ2n) is 6.29. The number of hydrogen-bond donors (Lipinski definition) is 0. The average Bonchev–Trinajstić information content (AvgIpc) is 2.96. The molecule has 0 N–H and O–H groups in total. The van der Waals surface area contributed by atoms with Crippen LogP contribution in [-0.4, -0.2) is 22.6 Å². The van der Waals surface area contributed by atoms with Crippen LogP contribution >= 0.6 is 0 Å². The molecule has 0 bridgehead atoms. The van der Waals surface area contributed by atoms with Crippen LogP contribution < -0.4 is 15.0 Å². The molecule has 0 aliphatic heterocycles. The second kappa shape index (κ2) is 5.92. The Morgan fingerprint density at radius 3 is 2.72 bits per heavy atom. The third-order valence-electron chi connectivity index (χ3n) is 4.62. The number of pyridine rings is 2. The van der Waals surface area contributed by atoms with Crippen LogP contribution in [0, 0.1) is 0 Å². The Kier molecular flexibility index (Phi) is 3.71. The van der Waals surface area contributed by atoms with Gasteiger partial charge in [0.2, 0.25) is 5.75 Å². The van der Waals surface area contributed by atoms with Gasteiger partial charge in [-0.25, -0.2) is 0 Å². The highest BCUT2D eigenvalue weighted by Gasteiger charge is 2.24. The molecule has 4 aromatic rings. The van der Waals surface area contributed by atoms with Gasteiger partial charge in [0.25, 0.3) is 0 Å². The van der Waals surface area contributed by atoms with Crippen molar-refractivity contribution >= 4 is 27.3 Å². The molecular weight excluding hydrogens is 316 g/mol. The van der Waals surface area contributed by atoms with Gasteiger partial charge in [0, 0.05) is 17.0 Å². The molecule has 5 heteroatoms. The van der Waals surface area contributed by atoms with E-state index in [1.54, 1.807) is 17.7 Å². The summed E-state index contributed by atoms with van der Waals surface area (Å²) in [6, 6.07) is 9.80. The standard InChI is InChI=1S/C20H20N2O3/c1-4-7-12(2)25-19-18(24-3)16-17-14(10-11-21-16)13-8-5-6-9-15(13)22(17)20(19)23/h5-6,8-12H,4,7H2,1-3H3. The van der Waals surface area contributed by atoms with Crippen LogP contribution in [0.3, 0.4) is 0 Å². The molecule has 0 fully saturated rings. The molecule has 0 spiro atoms.